The summed E-state index contributed by atoms with van der Waals surface area (Å²) in [5.74, 6) is -1.67. The second-order valence-corrected chi connectivity index (χ2v) is 11.9. The molecule has 0 saturated heterocycles. The summed E-state index contributed by atoms with van der Waals surface area (Å²) in [5.41, 5.74) is 0. The third-order valence-electron chi connectivity index (χ3n) is 8.19. The van der Waals surface area contributed by atoms with Crippen molar-refractivity contribution >= 4 is 23.4 Å². The minimum Gasteiger partial charge on any atom is -0.480 e. The highest BCUT2D eigenvalue weighted by Crippen LogP contribution is 2.38. The normalized spacial score (nSPS) is 27.2. The van der Waals surface area contributed by atoms with E-state index < -0.39 is 36.1 Å². The lowest BCUT2D eigenvalue weighted by molar-refractivity contribution is -0.142. The van der Waals surface area contributed by atoms with Crippen LogP contribution in [0.1, 0.15) is 104 Å². The van der Waals surface area contributed by atoms with Crippen molar-refractivity contribution in [1.29, 1.82) is 0 Å². The van der Waals surface area contributed by atoms with Crippen LogP contribution in [0.3, 0.4) is 0 Å². The summed E-state index contributed by atoms with van der Waals surface area (Å²) in [7, 11) is 0. The van der Waals surface area contributed by atoms with Crippen molar-refractivity contribution < 1.29 is 34.5 Å². The van der Waals surface area contributed by atoms with Crippen LogP contribution in [0.4, 0.5) is 0 Å². The van der Waals surface area contributed by atoms with Gasteiger partial charge in [-0.25, -0.2) is 4.79 Å². The lowest BCUT2D eigenvalue weighted by Crippen LogP contribution is -2.41. The van der Waals surface area contributed by atoms with Crippen molar-refractivity contribution in [2.75, 3.05) is 0 Å². The molecule has 216 valence electrons. The monoisotopic (exact) mass is 535 g/mol. The highest BCUT2D eigenvalue weighted by Gasteiger charge is 2.41. The van der Waals surface area contributed by atoms with Gasteiger partial charge >= 0.3 is 5.97 Å². The molecule has 8 nitrogen and oxygen atoms in total. The fraction of sp³-hybridized carbons (Fsp3) is 0.800. The molecule has 0 aromatic carbocycles. The molecule has 0 heterocycles. The Labute approximate surface area is 227 Å². The molecule has 0 bridgehead atoms. The van der Waals surface area contributed by atoms with Crippen molar-refractivity contribution in [2.24, 2.45) is 29.6 Å². The number of hydrogen-bond acceptors (Lipinski definition) is 6. The summed E-state index contributed by atoms with van der Waals surface area (Å²) in [4.78, 5) is 48.5. The molecule has 2 aliphatic rings. The van der Waals surface area contributed by atoms with E-state index in [4.69, 9.17) is 0 Å². The third-order valence-corrected chi connectivity index (χ3v) is 8.19. The van der Waals surface area contributed by atoms with Crippen molar-refractivity contribution in [3.05, 3.63) is 12.2 Å². The summed E-state index contributed by atoms with van der Waals surface area (Å²) in [6.07, 6.45) is 10.4. The number of Topliss-reactive ketones (excluding diaryl/α,β-unsaturated/α-hetero) is 2. The van der Waals surface area contributed by atoms with Gasteiger partial charge in [0.15, 0.2) is 0 Å². The maximum Gasteiger partial charge on any atom is 0.326 e. The minimum atomic E-state index is -1.05. The molecule has 4 N–H and O–H groups in total. The SMILES string of the molecule is CCCCC1CCC([C@@H](O)/C=C/[C@H]2[C@H](O)CC(=O)[C@@H]2CC(=O)CCCCC(=O)N[C@@H](CC(C)C)C(=O)O)C1. The number of aliphatic carboxylic acids is 1. The van der Waals surface area contributed by atoms with E-state index in [0.29, 0.717) is 25.2 Å². The summed E-state index contributed by atoms with van der Waals surface area (Å²) >= 11 is 0. The summed E-state index contributed by atoms with van der Waals surface area (Å²) in [6, 6.07) is -0.913. The molecule has 2 fully saturated rings. The number of nitrogens with one attached hydrogen (secondary N) is 1. The van der Waals surface area contributed by atoms with Gasteiger partial charge in [0.1, 0.15) is 17.6 Å². The zero-order valence-corrected chi connectivity index (χ0v) is 23.4. The van der Waals surface area contributed by atoms with Gasteiger partial charge in [0.2, 0.25) is 5.91 Å². The predicted molar refractivity (Wildman–Crippen MR) is 145 cm³/mol. The number of carboxylic acids is 1. The number of rotatable bonds is 17. The lowest BCUT2D eigenvalue weighted by atomic mass is 9.87. The number of aliphatic hydroxyl groups is 2. The first-order valence-electron chi connectivity index (χ1n) is 14.6. The number of carbonyl (C=O) groups is 4. The molecule has 0 aromatic rings. The van der Waals surface area contributed by atoms with Crippen LogP contribution in [0.15, 0.2) is 12.2 Å². The maximum atomic E-state index is 12.6. The Morgan fingerprint density at radius 1 is 1.11 bits per heavy atom. The molecular weight excluding hydrogens is 486 g/mol. The second kappa shape index (κ2) is 16.1. The first-order chi connectivity index (χ1) is 18.0. The number of carboxylic acid groups (broad SMARTS) is 1. The van der Waals surface area contributed by atoms with Crippen LogP contribution in [0, 0.1) is 29.6 Å². The van der Waals surface area contributed by atoms with E-state index in [-0.39, 0.29) is 55.0 Å². The maximum absolute atomic E-state index is 12.6. The molecule has 0 spiro atoms. The first kappa shape index (κ1) is 32.2. The number of carbonyl (C=O) groups excluding carboxylic acids is 3. The van der Waals surface area contributed by atoms with Gasteiger partial charge in [-0.2, -0.15) is 0 Å². The fourth-order valence-corrected chi connectivity index (χ4v) is 5.98. The molecule has 38 heavy (non-hydrogen) atoms. The second-order valence-electron chi connectivity index (χ2n) is 11.9. The van der Waals surface area contributed by atoms with Crippen molar-refractivity contribution in [3.8, 4) is 0 Å². The highest BCUT2D eigenvalue weighted by atomic mass is 16.4. The number of ketones is 2. The third kappa shape index (κ3) is 10.6. The molecule has 0 aromatic heterocycles. The Bertz CT molecular complexity index is 823. The first-order valence-corrected chi connectivity index (χ1v) is 14.6. The molecule has 2 saturated carbocycles. The average molecular weight is 536 g/mol. The topological polar surface area (TPSA) is 141 Å². The van der Waals surface area contributed by atoms with E-state index in [1.807, 2.05) is 13.8 Å². The van der Waals surface area contributed by atoms with Crippen LogP contribution < -0.4 is 5.32 Å². The Morgan fingerprint density at radius 3 is 2.47 bits per heavy atom. The molecule has 0 radical (unpaired) electrons. The predicted octanol–water partition coefficient (Wildman–Crippen LogP) is 4.21. The summed E-state index contributed by atoms with van der Waals surface area (Å²) < 4.78 is 0. The molecular formula is C30H49NO7. The largest absolute Gasteiger partial charge is 0.480 e. The van der Waals surface area contributed by atoms with Crippen LogP contribution in [-0.2, 0) is 19.2 Å². The standard InChI is InChI=1S/C30H49NO7/c1-4-5-8-20-11-12-21(16-20)26(33)14-13-23-24(28(35)18-27(23)34)17-22(32)9-6-7-10-29(36)31-25(30(37)38)15-19(2)3/h13-14,19-21,23-27,33-34H,4-12,15-18H2,1-3H3,(H,31,36)(H,37,38)/b14-13+/t20?,21?,23-,24-,25+,26+,27-/m1/s1. The van der Waals surface area contributed by atoms with E-state index >= 15 is 0 Å². The number of unbranched alkanes of at least 4 members (excludes halogenated alkanes) is 2. The molecule has 8 heteroatoms. The minimum absolute atomic E-state index is 0.0207. The van der Waals surface area contributed by atoms with E-state index in [1.165, 1.54) is 19.3 Å². The van der Waals surface area contributed by atoms with Crippen molar-refractivity contribution in [1.82, 2.24) is 5.32 Å². The fourth-order valence-electron chi connectivity index (χ4n) is 5.98. The van der Waals surface area contributed by atoms with Crippen molar-refractivity contribution in [3.63, 3.8) is 0 Å². The number of aliphatic hydroxyl groups excluding tert-OH is 2. The molecule has 1 amide bonds. The van der Waals surface area contributed by atoms with Crippen molar-refractivity contribution in [2.45, 2.75) is 122 Å². The quantitative estimate of drug-likeness (QED) is 0.161. The van der Waals surface area contributed by atoms with Gasteiger partial charge in [-0.15, -0.1) is 0 Å². The highest BCUT2D eigenvalue weighted by molar-refractivity contribution is 5.90. The van der Waals surface area contributed by atoms with Gasteiger partial charge in [-0.05, 0) is 49.9 Å². The van der Waals surface area contributed by atoms with Crippen LogP contribution >= 0.6 is 0 Å². The molecule has 2 rings (SSSR count). The van der Waals surface area contributed by atoms with Gasteiger partial charge in [0, 0.05) is 37.5 Å². The van der Waals surface area contributed by atoms with Gasteiger partial charge < -0.3 is 20.6 Å². The number of amides is 1. The summed E-state index contributed by atoms with van der Waals surface area (Å²) in [5, 5.41) is 32.9. The van der Waals surface area contributed by atoms with E-state index in [0.717, 1.165) is 19.3 Å². The van der Waals surface area contributed by atoms with Gasteiger partial charge in [-0.1, -0.05) is 58.6 Å². The van der Waals surface area contributed by atoms with Gasteiger partial charge in [0.25, 0.3) is 0 Å². The van der Waals surface area contributed by atoms with Crippen LogP contribution in [-0.4, -0.2) is 57.0 Å². The molecule has 0 aliphatic heterocycles. The molecule has 2 unspecified atom stereocenters. The van der Waals surface area contributed by atoms with Gasteiger partial charge in [0.05, 0.1) is 12.2 Å². The Balaban J connectivity index is 1.78. The summed E-state index contributed by atoms with van der Waals surface area (Å²) in [6.45, 7) is 5.97. The Hall–Kier alpha value is -2.06. The van der Waals surface area contributed by atoms with Crippen LogP contribution in [0.25, 0.3) is 0 Å². The Kier molecular flexibility index (Phi) is 13.7. The molecule has 7 atom stereocenters. The van der Waals surface area contributed by atoms with Crippen LogP contribution in [0.5, 0.6) is 0 Å². The van der Waals surface area contributed by atoms with Gasteiger partial charge in [-0.3, -0.25) is 14.4 Å². The smallest absolute Gasteiger partial charge is 0.326 e. The Morgan fingerprint density at radius 2 is 1.82 bits per heavy atom. The molecule has 2 aliphatic carbocycles. The van der Waals surface area contributed by atoms with E-state index in [1.54, 1.807) is 12.2 Å². The van der Waals surface area contributed by atoms with E-state index in [9.17, 15) is 34.5 Å². The zero-order chi connectivity index (χ0) is 28.2. The van der Waals surface area contributed by atoms with E-state index in [2.05, 4.69) is 12.2 Å². The van der Waals surface area contributed by atoms with Crippen LogP contribution in [0.2, 0.25) is 0 Å². The lowest BCUT2D eigenvalue weighted by Gasteiger charge is -2.19. The average Bonchev–Trinajstić information content (AvgIpc) is 3.42. The zero-order valence-electron chi connectivity index (χ0n) is 23.4. The number of hydrogen-bond donors (Lipinski definition) is 4.